The summed E-state index contributed by atoms with van der Waals surface area (Å²) in [5.74, 6) is -1.23. The molecule has 1 aliphatic rings. The third-order valence-electron chi connectivity index (χ3n) is 2.53. The number of hydrogen-bond donors (Lipinski definition) is 2. The molecule has 102 valence electrons. The molecule has 9 heteroatoms. The summed E-state index contributed by atoms with van der Waals surface area (Å²) in [5.41, 5.74) is 0. The Labute approximate surface area is 125 Å². The summed E-state index contributed by atoms with van der Waals surface area (Å²) < 4.78 is 6.04. The number of rotatable bonds is 3. The number of carbonyl (C=O) groups is 2. The van der Waals surface area contributed by atoms with Crippen molar-refractivity contribution in [2.45, 2.75) is 25.0 Å². The topological polar surface area (TPSA) is 101 Å². The van der Waals surface area contributed by atoms with E-state index in [0.29, 0.717) is 22.0 Å². The van der Waals surface area contributed by atoms with Crippen LogP contribution in [0.4, 0.5) is 5.82 Å². The molecule has 1 aromatic rings. The van der Waals surface area contributed by atoms with Crippen molar-refractivity contribution in [1.82, 2.24) is 9.97 Å². The molecule has 0 saturated carbocycles. The Kier molecular flexibility index (Phi) is 4.48. The number of anilines is 1. The first kappa shape index (κ1) is 14.4. The average Bonchev–Trinajstić information content (AvgIpc) is 2.82. The van der Waals surface area contributed by atoms with E-state index in [-0.39, 0.29) is 5.82 Å². The molecule has 2 unspecified atom stereocenters. The molecule has 2 atom stereocenters. The average molecular weight is 395 g/mol. The summed E-state index contributed by atoms with van der Waals surface area (Å²) in [6, 6.07) is 0. The van der Waals surface area contributed by atoms with Crippen molar-refractivity contribution in [2.75, 3.05) is 5.32 Å². The zero-order chi connectivity index (χ0) is 14.0. The Bertz CT molecular complexity index is 525. The maximum atomic E-state index is 11.9. The number of carboxylic acids is 1. The third kappa shape index (κ3) is 3.48. The Morgan fingerprint density at radius 3 is 2.63 bits per heavy atom. The van der Waals surface area contributed by atoms with Crippen LogP contribution in [0.15, 0.2) is 15.4 Å². The van der Waals surface area contributed by atoms with E-state index in [1.54, 1.807) is 0 Å². The summed E-state index contributed by atoms with van der Waals surface area (Å²) in [4.78, 5) is 30.6. The third-order valence-corrected chi connectivity index (χ3v) is 3.46. The van der Waals surface area contributed by atoms with E-state index < -0.39 is 24.1 Å². The van der Waals surface area contributed by atoms with Crippen LogP contribution in [-0.4, -0.2) is 39.2 Å². The maximum Gasteiger partial charge on any atom is 0.332 e. The number of hydrogen-bond acceptors (Lipinski definition) is 5. The lowest BCUT2D eigenvalue weighted by Gasteiger charge is -2.11. The predicted octanol–water partition coefficient (Wildman–Crippen LogP) is 1.57. The number of carboxylic acid groups (broad SMARTS) is 1. The van der Waals surface area contributed by atoms with Gasteiger partial charge in [0.1, 0.15) is 15.3 Å². The van der Waals surface area contributed by atoms with Crippen LogP contribution in [0.5, 0.6) is 0 Å². The molecule has 1 aliphatic heterocycles. The SMILES string of the molecule is O=C(O)C1CCC(C(=O)Nc2ncc(Br)nc2Br)O1. The summed E-state index contributed by atoms with van der Waals surface area (Å²) in [7, 11) is 0. The van der Waals surface area contributed by atoms with E-state index in [1.807, 2.05) is 0 Å². The Morgan fingerprint density at radius 1 is 1.37 bits per heavy atom. The van der Waals surface area contributed by atoms with Gasteiger partial charge in [0.05, 0.1) is 6.20 Å². The second-order valence-corrected chi connectivity index (χ2v) is 5.41. The van der Waals surface area contributed by atoms with Crippen LogP contribution in [-0.2, 0) is 14.3 Å². The van der Waals surface area contributed by atoms with E-state index >= 15 is 0 Å². The highest BCUT2D eigenvalue weighted by molar-refractivity contribution is 9.11. The molecular weight excluding hydrogens is 386 g/mol. The highest BCUT2D eigenvalue weighted by Crippen LogP contribution is 2.23. The molecule has 1 amide bonds. The zero-order valence-electron chi connectivity index (χ0n) is 9.47. The number of nitrogens with zero attached hydrogens (tertiary/aromatic N) is 2. The van der Waals surface area contributed by atoms with Crippen LogP contribution >= 0.6 is 31.9 Å². The number of ether oxygens (including phenoxy) is 1. The standard InChI is InChI=1S/C10H9Br2N3O4/c11-6-3-13-8(7(12)14-6)15-9(16)4-1-2-5(19-4)10(17)18/h3-5H,1-2H2,(H,17,18)(H,13,15,16). The fraction of sp³-hybridized carbons (Fsp3) is 0.400. The van der Waals surface area contributed by atoms with Crippen molar-refractivity contribution >= 4 is 49.6 Å². The molecule has 19 heavy (non-hydrogen) atoms. The monoisotopic (exact) mass is 393 g/mol. The predicted molar refractivity (Wildman–Crippen MR) is 71.6 cm³/mol. The second kappa shape index (κ2) is 5.93. The lowest BCUT2D eigenvalue weighted by atomic mass is 10.2. The van der Waals surface area contributed by atoms with Gasteiger partial charge in [0, 0.05) is 0 Å². The fourth-order valence-electron chi connectivity index (χ4n) is 1.64. The molecule has 2 heterocycles. The van der Waals surface area contributed by atoms with Crippen LogP contribution in [0.2, 0.25) is 0 Å². The lowest BCUT2D eigenvalue weighted by molar-refractivity contribution is -0.150. The molecule has 0 aromatic carbocycles. The van der Waals surface area contributed by atoms with E-state index in [1.165, 1.54) is 6.20 Å². The van der Waals surface area contributed by atoms with Gasteiger partial charge in [0.2, 0.25) is 0 Å². The van der Waals surface area contributed by atoms with Gasteiger partial charge in [-0.1, -0.05) is 0 Å². The summed E-state index contributed by atoms with van der Waals surface area (Å²) >= 11 is 6.31. The first-order valence-electron chi connectivity index (χ1n) is 5.34. The number of nitrogens with one attached hydrogen (secondary N) is 1. The van der Waals surface area contributed by atoms with Crippen molar-refractivity contribution in [3.8, 4) is 0 Å². The van der Waals surface area contributed by atoms with E-state index in [9.17, 15) is 9.59 Å². The van der Waals surface area contributed by atoms with Crippen molar-refractivity contribution < 1.29 is 19.4 Å². The van der Waals surface area contributed by atoms with Crippen LogP contribution in [0.1, 0.15) is 12.8 Å². The molecular formula is C10H9Br2N3O4. The van der Waals surface area contributed by atoms with Crippen molar-refractivity contribution in [1.29, 1.82) is 0 Å². The summed E-state index contributed by atoms with van der Waals surface area (Å²) in [5, 5.41) is 11.3. The van der Waals surface area contributed by atoms with Gasteiger partial charge >= 0.3 is 5.97 Å². The minimum absolute atomic E-state index is 0.260. The van der Waals surface area contributed by atoms with Crippen LogP contribution in [0.3, 0.4) is 0 Å². The summed E-state index contributed by atoms with van der Waals surface area (Å²) in [6.45, 7) is 0. The molecule has 2 N–H and O–H groups in total. The van der Waals surface area contributed by atoms with E-state index in [4.69, 9.17) is 9.84 Å². The molecule has 0 radical (unpaired) electrons. The Morgan fingerprint density at radius 2 is 2.05 bits per heavy atom. The number of aromatic nitrogens is 2. The van der Waals surface area contributed by atoms with Gasteiger partial charge in [0.15, 0.2) is 11.9 Å². The molecule has 1 saturated heterocycles. The molecule has 7 nitrogen and oxygen atoms in total. The van der Waals surface area contributed by atoms with Crippen LogP contribution in [0, 0.1) is 0 Å². The quantitative estimate of drug-likeness (QED) is 0.806. The van der Waals surface area contributed by atoms with Crippen LogP contribution in [0.25, 0.3) is 0 Å². The molecule has 0 aliphatic carbocycles. The number of aliphatic carboxylic acids is 1. The van der Waals surface area contributed by atoms with Crippen LogP contribution < -0.4 is 5.32 Å². The highest BCUT2D eigenvalue weighted by Gasteiger charge is 2.35. The molecule has 1 aromatic heterocycles. The first-order chi connectivity index (χ1) is 8.97. The smallest absolute Gasteiger partial charge is 0.332 e. The molecule has 2 rings (SSSR count). The van der Waals surface area contributed by atoms with Crippen molar-refractivity contribution in [3.05, 3.63) is 15.4 Å². The fourth-order valence-corrected chi connectivity index (χ4v) is 2.55. The minimum Gasteiger partial charge on any atom is -0.479 e. The van der Waals surface area contributed by atoms with Gasteiger partial charge in [0.25, 0.3) is 5.91 Å². The molecule has 0 bridgehead atoms. The normalized spacial score (nSPS) is 22.2. The number of halogens is 2. The van der Waals surface area contributed by atoms with Gasteiger partial charge in [-0.2, -0.15) is 0 Å². The maximum absolute atomic E-state index is 11.9. The minimum atomic E-state index is -1.06. The molecule has 1 fully saturated rings. The largest absolute Gasteiger partial charge is 0.479 e. The highest BCUT2D eigenvalue weighted by atomic mass is 79.9. The van der Waals surface area contributed by atoms with Gasteiger partial charge in [-0.15, -0.1) is 0 Å². The van der Waals surface area contributed by atoms with E-state index in [2.05, 4.69) is 47.1 Å². The van der Waals surface area contributed by atoms with Gasteiger partial charge in [-0.05, 0) is 44.7 Å². The van der Waals surface area contributed by atoms with Crippen molar-refractivity contribution in [3.63, 3.8) is 0 Å². The molecule has 0 spiro atoms. The van der Waals surface area contributed by atoms with Crippen molar-refractivity contribution in [2.24, 2.45) is 0 Å². The number of amides is 1. The van der Waals surface area contributed by atoms with E-state index in [0.717, 1.165) is 0 Å². The lowest BCUT2D eigenvalue weighted by Crippen LogP contribution is -2.30. The van der Waals surface area contributed by atoms with Gasteiger partial charge in [-0.25, -0.2) is 14.8 Å². The van der Waals surface area contributed by atoms with Gasteiger partial charge < -0.3 is 15.2 Å². The van der Waals surface area contributed by atoms with Gasteiger partial charge in [-0.3, -0.25) is 4.79 Å². The second-order valence-electron chi connectivity index (χ2n) is 3.85. The first-order valence-corrected chi connectivity index (χ1v) is 6.93. The number of carbonyl (C=O) groups excluding carboxylic acids is 1. The summed E-state index contributed by atoms with van der Waals surface area (Å²) in [6.07, 6.45) is 0.426. The Balaban J connectivity index is 2.00. The Hall–Kier alpha value is -1.06. The zero-order valence-corrected chi connectivity index (χ0v) is 12.6.